The first-order valence-electron chi connectivity index (χ1n) is 6.81. The molecule has 1 saturated carbocycles. The number of nitrogens with two attached hydrogens (primary N) is 1. The quantitative estimate of drug-likeness (QED) is 0.801. The van der Waals surface area contributed by atoms with Gasteiger partial charge in [0.25, 0.3) is 5.91 Å². The second-order valence-corrected chi connectivity index (χ2v) is 6.04. The zero-order chi connectivity index (χ0) is 14.8. The Hall–Kier alpha value is -2.15. The largest absolute Gasteiger partial charge is 0.397 e. The molecule has 1 aliphatic carbocycles. The number of nitrogens with zero attached hydrogens (tertiary/aromatic N) is 2. The van der Waals surface area contributed by atoms with Gasteiger partial charge in [0.1, 0.15) is 17.0 Å². The number of carbonyl (C=O) groups is 1. The summed E-state index contributed by atoms with van der Waals surface area (Å²) in [5.41, 5.74) is 7.32. The van der Waals surface area contributed by atoms with Crippen LogP contribution in [0.25, 0.3) is 0 Å². The summed E-state index contributed by atoms with van der Waals surface area (Å²) in [6, 6.07) is 3.90. The van der Waals surface area contributed by atoms with Crippen molar-refractivity contribution in [2.24, 2.45) is 0 Å². The minimum Gasteiger partial charge on any atom is -0.397 e. The molecule has 1 amide bonds. The van der Waals surface area contributed by atoms with E-state index in [0.717, 1.165) is 24.4 Å². The summed E-state index contributed by atoms with van der Waals surface area (Å²) < 4.78 is 0. The lowest BCUT2D eigenvalue weighted by atomic mass is 9.78. The Labute approximate surface area is 126 Å². The van der Waals surface area contributed by atoms with Crippen molar-refractivity contribution in [2.75, 3.05) is 18.1 Å². The summed E-state index contributed by atoms with van der Waals surface area (Å²) >= 11 is 1.37. The Morgan fingerprint density at radius 1 is 1.43 bits per heavy atom. The van der Waals surface area contributed by atoms with Gasteiger partial charge in [0.2, 0.25) is 0 Å². The van der Waals surface area contributed by atoms with Crippen LogP contribution in [-0.4, -0.2) is 29.0 Å². The van der Waals surface area contributed by atoms with E-state index < -0.39 is 0 Å². The third-order valence-electron chi connectivity index (χ3n) is 3.74. The van der Waals surface area contributed by atoms with Crippen molar-refractivity contribution in [1.82, 2.24) is 15.3 Å². The number of nitrogen functional groups attached to an aromatic ring is 1. The van der Waals surface area contributed by atoms with Crippen LogP contribution in [0.2, 0.25) is 0 Å². The molecule has 1 aliphatic rings. The molecule has 0 unspecified atom stereocenters. The van der Waals surface area contributed by atoms with E-state index >= 15 is 0 Å². The number of nitrogens with one attached hydrogen (secondary N) is 2. The summed E-state index contributed by atoms with van der Waals surface area (Å²) in [5, 5.41) is 7.85. The molecule has 7 heteroatoms. The number of amides is 1. The van der Waals surface area contributed by atoms with E-state index in [1.807, 2.05) is 18.5 Å². The molecule has 0 radical (unpaired) electrons. The molecule has 21 heavy (non-hydrogen) atoms. The number of carbonyl (C=O) groups excluding carboxylic acids is 1. The number of aromatic nitrogens is 2. The van der Waals surface area contributed by atoms with E-state index in [9.17, 15) is 4.79 Å². The molecule has 6 nitrogen and oxygen atoms in total. The molecule has 0 atom stereocenters. The molecule has 0 aromatic carbocycles. The van der Waals surface area contributed by atoms with Gasteiger partial charge in [0, 0.05) is 30.8 Å². The smallest absolute Gasteiger partial charge is 0.263 e. The maximum atomic E-state index is 12.1. The van der Waals surface area contributed by atoms with Crippen LogP contribution in [0.1, 0.15) is 34.1 Å². The van der Waals surface area contributed by atoms with Gasteiger partial charge in [-0.05, 0) is 24.3 Å². The van der Waals surface area contributed by atoms with E-state index in [1.165, 1.54) is 11.3 Å². The molecule has 2 heterocycles. The highest BCUT2D eigenvalue weighted by Crippen LogP contribution is 2.36. The van der Waals surface area contributed by atoms with Crippen molar-refractivity contribution in [3.05, 3.63) is 34.4 Å². The molecule has 3 rings (SSSR count). The van der Waals surface area contributed by atoms with Crippen molar-refractivity contribution in [2.45, 2.75) is 24.8 Å². The highest BCUT2D eigenvalue weighted by molar-refractivity contribution is 7.12. The van der Waals surface area contributed by atoms with Crippen molar-refractivity contribution in [1.29, 1.82) is 0 Å². The van der Waals surface area contributed by atoms with E-state index in [4.69, 9.17) is 5.73 Å². The lowest BCUT2D eigenvalue weighted by Crippen LogP contribution is -2.43. The van der Waals surface area contributed by atoms with Gasteiger partial charge in [-0.3, -0.25) is 4.79 Å². The third kappa shape index (κ3) is 2.82. The molecule has 0 spiro atoms. The topological polar surface area (TPSA) is 92.9 Å². The van der Waals surface area contributed by atoms with Crippen molar-refractivity contribution >= 4 is 28.7 Å². The van der Waals surface area contributed by atoms with Gasteiger partial charge in [-0.15, -0.1) is 11.3 Å². The zero-order valence-corrected chi connectivity index (χ0v) is 12.5. The number of anilines is 2. The molecule has 1 fully saturated rings. The Kier molecular flexibility index (Phi) is 3.74. The van der Waals surface area contributed by atoms with E-state index in [0.29, 0.717) is 16.5 Å². The van der Waals surface area contributed by atoms with Crippen LogP contribution in [0.15, 0.2) is 23.8 Å². The van der Waals surface area contributed by atoms with Gasteiger partial charge >= 0.3 is 0 Å². The van der Waals surface area contributed by atoms with Gasteiger partial charge in [-0.25, -0.2) is 9.97 Å². The van der Waals surface area contributed by atoms with E-state index in [-0.39, 0.29) is 11.9 Å². The monoisotopic (exact) mass is 303 g/mol. The molecule has 0 aliphatic heterocycles. The van der Waals surface area contributed by atoms with Crippen LogP contribution in [0.5, 0.6) is 0 Å². The van der Waals surface area contributed by atoms with Crippen LogP contribution in [0, 0.1) is 0 Å². The lowest BCUT2D eigenvalue weighted by Gasteiger charge is -2.35. The van der Waals surface area contributed by atoms with Crippen molar-refractivity contribution < 1.29 is 4.79 Å². The highest BCUT2D eigenvalue weighted by atomic mass is 32.1. The first kappa shape index (κ1) is 13.8. The molecule has 2 aromatic rings. The maximum Gasteiger partial charge on any atom is 0.263 e. The van der Waals surface area contributed by atoms with Crippen LogP contribution in [0.3, 0.4) is 0 Å². The summed E-state index contributed by atoms with van der Waals surface area (Å²) in [7, 11) is 1.83. The predicted octanol–water partition coefficient (Wildman–Crippen LogP) is 1.84. The normalized spacial score (nSPS) is 20.6. The first-order chi connectivity index (χ1) is 10.2. The molecule has 0 saturated heterocycles. The lowest BCUT2D eigenvalue weighted by molar-refractivity contribution is 0.0913. The van der Waals surface area contributed by atoms with Crippen molar-refractivity contribution in [3.8, 4) is 0 Å². The SMILES string of the molecule is CNc1cc(C2CC(NC(=O)c3sccc3N)C2)ncn1. The summed E-state index contributed by atoms with van der Waals surface area (Å²) in [6.45, 7) is 0. The summed E-state index contributed by atoms with van der Waals surface area (Å²) in [5.74, 6) is 1.12. The minimum atomic E-state index is -0.0791. The molecule has 0 bridgehead atoms. The molecular formula is C14H17N5OS. The van der Waals surface area contributed by atoms with E-state index in [1.54, 1.807) is 12.4 Å². The van der Waals surface area contributed by atoms with Gasteiger partial charge in [0.05, 0.1) is 5.69 Å². The second-order valence-electron chi connectivity index (χ2n) is 5.12. The fourth-order valence-electron chi connectivity index (χ4n) is 2.46. The molecule has 110 valence electrons. The van der Waals surface area contributed by atoms with Crippen molar-refractivity contribution in [3.63, 3.8) is 0 Å². The average Bonchev–Trinajstić information content (AvgIpc) is 2.88. The number of thiophene rings is 1. The van der Waals surface area contributed by atoms with Crippen LogP contribution >= 0.6 is 11.3 Å². The maximum absolute atomic E-state index is 12.1. The van der Waals surface area contributed by atoms with Gasteiger partial charge < -0.3 is 16.4 Å². The molecular weight excluding hydrogens is 286 g/mol. The molecule has 2 aromatic heterocycles. The Morgan fingerprint density at radius 2 is 2.24 bits per heavy atom. The first-order valence-corrected chi connectivity index (χ1v) is 7.69. The fourth-order valence-corrected chi connectivity index (χ4v) is 3.18. The Bertz CT molecular complexity index is 650. The minimum absolute atomic E-state index is 0.0791. The number of rotatable bonds is 4. The zero-order valence-electron chi connectivity index (χ0n) is 11.7. The average molecular weight is 303 g/mol. The van der Waals surface area contributed by atoms with Crippen LogP contribution in [-0.2, 0) is 0 Å². The second kappa shape index (κ2) is 5.69. The van der Waals surface area contributed by atoms with Crippen LogP contribution in [0.4, 0.5) is 11.5 Å². The van der Waals surface area contributed by atoms with Gasteiger partial charge in [0.15, 0.2) is 0 Å². The fraction of sp³-hybridized carbons (Fsp3) is 0.357. The summed E-state index contributed by atoms with van der Waals surface area (Å²) in [4.78, 5) is 21.1. The Balaban J connectivity index is 1.56. The van der Waals surface area contributed by atoms with Crippen LogP contribution < -0.4 is 16.4 Å². The Morgan fingerprint density at radius 3 is 2.90 bits per heavy atom. The summed E-state index contributed by atoms with van der Waals surface area (Å²) in [6.07, 6.45) is 3.37. The molecule has 4 N–H and O–H groups in total. The third-order valence-corrected chi connectivity index (χ3v) is 4.67. The van der Waals surface area contributed by atoms with Gasteiger partial charge in [-0.2, -0.15) is 0 Å². The predicted molar refractivity (Wildman–Crippen MR) is 83.5 cm³/mol. The number of hydrogen-bond acceptors (Lipinski definition) is 6. The standard InChI is InChI=1S/C14H17N5OS/c1-16-12-6-11(17-7-18-12)8-4-9(5-8)19-14(20)13-10(15)2-3-21-13/h2-3,6-9H,4-5,15H2,1H3,(H,19,20)(H,16,17,18). The highest BCUT2D eigenvalue weighted by Gasteiger charge is 2.33. The van der Waals surface area contributed by atoms with Gasteiger partial charge in [-0.1, -0.05) is 0 Å². The van der Waals surface area contributed by atoms with E-state index in [2.05, 4.69) is 20.6 Å². The number of hydrogen-bond donors (Lipinski definition) is 3.